The van der Waals surface area contributed by atoms with E-state index in [9.17, 15) is 0 Å². The standard InChI is InChI=1S/C17H25NO/c1-19-17-9-8-14-6-2-3-7-15(14)16(17)11-13-5-4-10-18-12-13/h8-9,13,18H,2-7,10-12H2,1H3. The van der Waals surface area contributed by atoms with Crippen LogP contribution in [0.15, 0.2) is 12.1 Å². The molecule has 0 bridgehead atoms. The van der Waals surface area contributed by atoms with Crippen LogP contribution in [-0.4, -0.2) is 20.2 Å². The van der Waals surface area contributed by atoms with E-state index in [1.165, 1.54) is 63.6 Å². The zero-order valence-corrected chi connectivity index (χ0v) is 12.0. The van der Waals surface area contributed by atoms with Crippen LogP contribution in [0.2, 0.25) is 0 Å². The summed E-state index contributed by atoms with van der Waals surface area (Å²) in [5.74, 6) is 1.90. The van der Waals surface area contributed by atoms with Crippen LogP contribution in [0, 0.1) is 5.92 Å². The molecule has 0 amide bonds. The van der Waals surface area contributed by atoms with Gasteiger partial charge in [0.2, 0.25) is 0 Å². The molecule has 0 saturated carbocycles. The first-order valence-electron chi connectivity index (χ1n) is 7.77. The van der Waals surface area contributed by atoms with Crippen molar-refractivity contribution in [3.05, 3.63) is 28.8 Å². The van der Waals surface area contributed by atoms with E-state index in [0.29, 0.717) is 0 Å². The van der Waals surface area contributed by atoms with Crippen molar-refractivity contribution in [1.82, 2.24) is 5.32 Å². The van der Waals surface area contributed by atoms with Gasteiger partial charge < -0.3 is 10.1 Å². The van der Waals surface area contributed by atoms with E-state index in [0.717, 1.165) is 11.7 Å². The first-order valence-corrected chi connectivity index (χ1v) is 7.77. The summed E-state index contributed by atoms with van der Waals surface area (Å²) in [6.07, 6.45) is 9.08. The Hall–Kier alpha value is -1.02. The highest BCUT2D eigenvalue weighted by molar-refractivity contribution is 5.46. The Balaban J connectivity index is 1.88. The second kappa shape index (κ2) is 5.96. The van der Waals surface area contributed by atoms with Gasteiger partial charge in [0.05, 0.1) is 7.11 Å². The molecule has 1 saturated heterocycles. The molecule has 0 spiro atoms. The van der Waals surface area contributed by atoms with Gasteiger partial charge in [-0.25, -0.2) is 0 Å². The fraction of sp³-hybridized carbons (Fsp3) is 0.647. The molecule has 0 aromatic heterocycles. The summed E-state index contributed by atoms with van der Waals surface area (Å²) in [6, 6.07) is 4.48. The minimum Gasteiger partial charge on any atom is -0.496 e. The topological polar surface area (TPSA) is 21.3 Å². The molecule has 1 heterocycles. The lowest BCUT2D eigenvalue weighted by molar-refractivity contribution is 0.362. The van der Waals surface area contributed by atoms with Crippen LogP contribution >= 0.6 is 0 Å². The molecule has 104 valence electrons. The molecular formula is C17H25NO. The van der Waals surface area contributed by atoms with Crippen molar-refractivity contribution in [2.24, 2.45) is 5.92 Å². The Bertz CT molecular complexity index is 435. The number of piperidine rings is 1. The monoisotopic (exact) mass is 259 g/mol. The summed E-state index contributed by atoms with van der Waals surface area (Å²) < 4.78 is 5.63. The molecule has 1 aliphatic heterocycles. The van der Waals surface area contributed by atoms with E-state index in [1.807, 2.05) is 7.11 Å². The van der Waals surface area contributed by atoms with Crippen LogP contribution in [-0.2, 0) is 19.3 Å². The van der Waals surface area contributed by atoms with Crippen LogP contribution in [0.3, 0.4) is 0 Å². The highest BCUT2D eigenvalue weighted by atomic mass is 16.5. The zero-order valence-electron chi connectivity index (χ0n) is 12.0. The van der Waals surface area contributed by atoms with Gasteiger partial charge >= 0.3 is 0 Å². The van der Waals surface area contributed by atoms with Gasteiger partial charge in [-0.15, -0.1) is 0 Å². The third-order valence-corrected chi connectivity index (χ3v) is 4.72. The molecule has 1 fully saturated rings. The smallest absolute Gasteiger partial charge is 0.122 e. The quantitative estimate of drug-likeness (QED) is 0.900. The minimum absolute atomic E-state index is 0.788. The van der Waals surface area contributed by atoms with Crippen molar-refractivity contribution < 1.29 is 4.74 Å². The summed E-state index contributed by atoms with van der Waals surface area (Å²) in [5, 5.41) is 3.53. The lowest BCUT2D eigenvalue weighted by Gasteiger charge is -2.27. The summed E-state index contributed by atoms with van der Waals surface area (Å²) in [4.78, 5) is 0. The van der Waals surface area contributed by atoms with Gasteiger partial charge in [0.25, 0.3) is 0 Å². The molecule has 3 rings (SSSR count). The number of ether oxygens (including phenoxy) is 1. The second-order valence-corrected chi connectivity index (χ2v) is 6.01. The average molecular weight is 259 g/mol. The first kappa shape index (κ1) is 13.0. The lowest BCUT2D eigenvalue weighted by Crippen LogP contribution is -2.31. The van der Waals surface area contributed by atoms with Crippen molar-refractivity contribution in [2.75, 3.05) is 20.2 Å². The number of hydrogen-bond acceptors (Lipinski definition) is 2. The van der Waals surface area contributed by atoms with Crippen LogP contribution < -0.4 is 10.1 Å². The third-order valence-electron chi connectivity index (χ3n) is 4.72. The summed E-state index contributed by atoms with van der Waals surface area (Å²) in [7, 11) is 1.81. The largest absolute Gasteiger partial charge is 0.496 e. The van der Waals surface area contributed by atoms with Crippen LogP contribution in [0.1, 0.15) is 42.4 Å². The number of fused-ring (bicyclic) bond motifs is 1. The summed E-state index contributed by atoms with van der Waals surface area (Å²) in [5.41, 5.74) is 4.69. The van der Waals surface area contributed by atoms with Gasteiger partial charge in [-0.05, 0) is 86.7 Å². The molecule has 1 atom stereocenters. The van der Waals surface area contributed by atoms with Crippen LogP contribution in [0.4, 0.5) is 0 Å². The SMILES string of the molecule is COc1ccc2c(c1CC1CCCNC1)CCCC2. The Morgan fingerprint density at radius 1 is 1.21 bits per heavy atom. The number of rotatable bonds is 3. The molecule has 1 aromatic rings. The lowest BCUT2D eigenvalue weighted by atomic mass is 9.83. The minimum atomic E-state index is 0.788. The maximum absolute atomic E-state index is 5.63. The Morgan fingerprint density at radius 2 is 2.11 bits per heavy atom. The molecule has 2 nitrogen and oxygen atoms in total. The van der Waals surface area contributed by atoms with E-state index in [2.05, 4.69) is 17.4 Å². The first-order chi connectivity index (χ1) is 9.38. The summed E-state index contributed by atoms with van der Waals surface area (Å²) >= 11 is 0. The number of methoxy groups -OCH3 is 1. The molecule has 2 aliphatic rings. The van der Waals surface area contributed by atoms with Crippen LogP contribution in [0.5, 0.6) is 5.75 Å². The van der Waals surface area contributed by atoms with Crippen molar-refractivity contribution >= 4 is 0 Å². The van der Waals surface area contributed by atoms with Gasteiger partial charge in [-0.2, -0.15) is 0 Å². The van der Waals surface area contributed by atoms with E-state index in [1.54, 1.807) is 11.1 Å². The molecule has 2 heteroatoms. The molecule has 0 radical (unpaired) electrons. The predicted molar refractivity (Wildman–Crippen MR) is 78.9 cm³/mol. The number of hydrogen-bond donors (Lipinski definition) is 1. The van der Waals surface area contributed by atoms with Gasteiger partial charge in [0.15, 0.2) is 0 Å². The predicted octanol–water partition coefficient (Wildman–Crippen LogP) is 3.12. The maximum atomic E-state index is 5.63. The number of benzene rings is 1. The van der Waals surface area contributed by atoms with Crippen molar-refractivity contribution in [2.45, 2.75) is 44.9 Å². The molecule has 1 aromatic carbocycles. The Labute approximate surface area is 116 Å². The number of nitrogens with one attached hydrogen (secondary N) is 1. The highest BCUT2D eigenvalue weighted by Gasteiger charge is 2.21. The van der Waals surface area contributed by atoms with Gasteiger partial charge in [-0.3, -0.25) is 0 Å². The molecule has 1 unspecified atom stereocenters. The van der Waals surface area contributed by atoms with Crippen LogP contribution in [0.25, 0.3) is 0 Å². The Kier molecular flexibility index (Phi) is 4.07. The van der Waals surface area contributed by atoms with Crippen molar-refractivity contribution in [1.29, 1.82) is 0 Å². The normalized spacial score (nSPS) is 22.9. The molecule has 1 N–H and O–H groups in total. The molecular weight excluding hydrogens is 234 g/mol. The van der Waals surface area contributed by atoms with Crippen molar-refractivity contribution in [3.63, 3.8) is 0 Å². The average Bonchev–Trinajstić information content (AvgIpc) is 2.49. The van der Waals surface area contributed by atoms with Gasteiger partial charge in [-0.1, -0.05) is 6.07 Å². The maximum Gasteiger partial charge on any atom is 0.122 e. The second-order valence-electron chi connectivity index (χ2n) is 6.01. The Morgan fingerprint density at radius 3 is 2.89 bits per heavy atom. The highest BCUT2D eigenvalue weighted by Crippen LogP contribution is 2.33. The van der Waals surface area contributed by atoms with Crippen molar-refractivity contribution in [3.8, 4) is 5.75 Å². The third kappa shape index (κ3) is 2.79. The fourth-order valence-electron chi connectivity index (χ4n) is 3.68. The zero-order chi connectivity index (χ0) is 13.1. The summed E-state index contributed by atoms with van der Waals surface area (Å²) in [6.45, 7) is 2.37. The van der Waals surface area contributed by atoms with E-state index < -0.39 is 0 Å². The number of aryl methyl sites for hydroxylation is 1. The van der Waals surface area contributed by atoms with Gasteiger partial charge in [0.1, 0.15) is 5.75 Å². The van der Waals surface area contributed by atoms with E-state index in [4.69, 9.17) is 4.74 Å². The fourth-order valence-corrected chi connectivity index (χ4v) is 3.68. The van der Waals surface area contributed by atoms with E-state index in [-0.39, 0.29) is 0 Å². The van der Waals surface area contributed by atoms with Gasteiger partial charge in [0, 0.05) is 0 Å². The van der Waals surface area contributed by atoms with E-state index >= 15 is 0 Å². The molecule has 19 heavy (non-hydrogen) atoms. The molecule has 1 aliphatic carbocycles.